The Morgan fingerprint density at radius 3 is 2.50 bits per heavy atom. The number of benzene rings is 3. The Hall–Kier alpha value is -3.47. The van der Waals surface area contributed by atoms with E-state index in [0.29, 0.717) is 11.5 Å². The summed E-state index contributed by atoms with van der Waals surface area (Å²) in [6, 6.07) is 20.4. The summed E-state index contributed by atoms with van der Waals surface area (Å²) < 4.78 is 5.33. The Bertz CT molecular complexity index is 1050. The third kappa shape index (κ3) is 2.42. The molecular weight excluding hydrogens is 304 g/mol. The highest BCUT2D eigenvalue weighted by Crippen LogP contribution is 2.27. The second-order valence-electron chi connectivity index (χ2n) is 5.34. The van der Waals surface area contributed by atoms with Crippen molar-refractivity contribution in [3.8, 4) is 22.8 Å². The Labute approximate surface area is 137 Å². The molecule has 116 valence electrons. The third-order valence-corrected chi connectivity index (χ3v) is 3.82. The summed E-state index contributed by atoms with van der Waals surface area (Å²) in [6.45, 7) is 0. The first-order chi connectivity index (χ1) is 11.7. The Morgan fingerprint density at radius 1 is 0.917 bits per heavy atom. The number of carboxylic acid groups (broad SMARTS) is 1. The Balaban J connectivity index is 1.78. The van der Waals surface area contributed by atoms with E-state index in [-0.39, 0.29) is 11.4 Å². The molecule has 5 nitrogen and oxygen atoms in total. The van der Waals surface area contributed by atoms with E-state index in [2.05, 4.69) is 10.1 Å². The van der Waals surface area contributed by atoms with Gasteiger partial charge >= 0.3 is 5.97 Å². The zero-order chi connectivity index (χ0) is 16.5. The molecule has 1 heterocycles. The molecule has 3 aromatic carbocycles. The van der Waals surface area contributed by atoms with Gasteiger partial charge in [-0.05, 0) is 29.0 Å². The number of fused-ring (bicyclic) bond motifs is 1. The smallest absolute Gasteiger partial charge is 0.336 e. The van der Waals surface area contributed by atoms with E-state index in [1.807, 2.05) is 42.5 Å². The molecule has 4 aromatic rings. The van der Waals surface area contributed by atoms with E-state index >= 15 is 0 Å². The number of carboxylic acids is 1. The maximum atomic E-state index is 11.3. The topological polar surface area (TPSA) is 76.2 Å². The molecule has 0 unspecified atom stereocenters. The number of carbonyl (C=O) groups is 1. The molecule has 4 rings (SSSR count). The van der Waals surface area contributed by atoms with Gasteiger partial charge in [-0.1, -0.05) is 53.7 Å². The Kier molecular flexibility index (Phi) is 3.31. The number of aromatic carboxylic acids is 1. The fraction of sp³-hybridized carbons (Fsp3) is 0. The number of hydrogen-bond donors (Lipinski definition) is 1. The first kappa shape index (κ1) is 14.1. The second kappa shape index (κ2) is 5.62. The van der Waals surface area contributed by atoms with Crippen molar-refractivity contribution in [1.82, 2.24) is 10.1 Å². The van der Waals surface area contributed by atoms with Gasteiger partial charge in [-0.2, -0.15) is 4.98 Å². The zero-order valence-corrected chi connectivity index (χ0v) is 12.5. The van der Waals surface area contributed by atoms with Crippen LogP contribution in [0.3, 0.4) is 0 Å². The first-order valence-corrected chi connectivity index (χ1v) is 7.38. The number of hydrogen-bond acceptors (Lipinski definition) is 4. The van der Waals surface area contributed by atoms with E-state index in [9.17, 15) is 9.90 Å². The summed E-state index contributed by atoms with van der Waals surface area (Å²) in [5.41, 5.74) is 1.37. The van der Waals surface area contributed by atoms with E-state index in [4.69, 9.17) is 4.52 Å². The SMILES string of the molecule is O=C(O)c1ccccc1-c1noc(-c2ccc3ccccc3c2)n1. The molecule has 1 aromatic heterocycles. The molecular formula is C19H12N2O3. The summed E-state index contributed by atoms with van der Waals surface area (Å²) in [7, 11) is 0. The van der Waals surface area contributed by atoms with Crippen molar-refractivity contribution in [1.29, 1.82) is 0 Å². The van der Waals surface area contributed by atoms with Crippen LogP contribution in [-0.4, -0.2) is 21.2 Å². The van der Waals surface area contributed by atoms with Crippen LogP contribution < -0.4 is 0 Å². The van der Waals surface area contributed by atoms with Crippen molar-refractivity contribution in [2.45, 2.75) is 0 Å². The van der Waals surface area contributed by atoms with Crippen LogP contribution in [0.15, 0.2) is 71.3 Å². The van der Waals surface area contributed by atoms with Crippen molar-refractivity contribution in [2.24, 2.45) is 0 Å². The minimum atomic E-state index is -1.03. The van der Waals surface area contributed by atoms with Crippen molar-refractivity contribution in [3.63, 3.8) is 0 Å². The highest BCUT2D eigenvalue weighted by Gasteiger charge is 2.17. The highest BCUT2D eigenvalue weighted by molar-refractivity contribution is 5.95. The standard InChI is InChI=1S/C19H12N2O3/c22-19(23)16-8-4-3-7-15(16)17-20-18(24-21-17)14-10-9-12-5-1-2-6-13(12)11-14/h1-11H,(H,22,23). The average molecular weight is 316 g/mol. The number of aromatic nitrogens is 2. The fourth-order valence-electron chi connectivity index (χ4n) is 2.64. The largest absolute Gasteiger partial charge is 0.478 e. The molecule has 0 saturated carbocycles. The normalized spacial score (nSPS) is 10.8. The number of rotatable bonds is 3. The predicted octanol–water partition coefficient (Wildman–Crippen LogP) is 4.26. The molecule has 0 fully saturated rings. The second-order valence-corrected chi connectivity index (χ2v) is 5.34. The fourth-order valence-corrected chi connectivity index (χ4v) is 2.64. The quantitative estimate of drug-likeness (QED) is 0.611. The average Bonchev–Trinajstić information content (AvgIpc) is 3.11. The van der Waals surface area contributed by atoms with Crippen molar-refractivity contribution in [2.75, 3.05) is 0 Å². The molecule has 1 N–H and O–H groups in total. The summed E-state index contributed by atoms with van der Waals surface area (Å²) >= 11 is 0. The molecule has 0 aliphatic rings. The molecule has 0 aliphatic carbocycles. The summed E-state index contributed by atoms with van der Waals surface area (Å²) in [5, 5.41) is 15.4. The molecule has 0 aliphatic heterocycles. The first-order valence-electron chi connectivity index (χ1n) is 7.38. The van der Waals surface area contributed by atoms with Crippen LogP contribution in [0.25, 0.3) is 33.6 Å². The van der Waals surface area contributed by atoms with E-state index < -0.39 is 5.97 Å². The van der Waals surface area contributed by atoms with Crippen LogP contribution in [0.2, 0.25) is 0 Å². The molecule has 0 amide bonds. The Morgan fingerprint density at radius 2 is 1.67 bits per heavy atom. The molecule has 5 heteroatoms. The lowest BCUT2D eigenvalue weighted by Gasteiger charge is -2.00. The third-order valence-electron chi connectivity index (χ3n) is 3.82. The van der Waals surface area contributed by atoms with Crippen LogP contribution in [0.1, 0.15) is 10.4 Å². The van der Waals surface area contributed by atoms with Crippen molar-refractivity contribution in [3.05, 3.63) is 72.3 Å². The van der Waals surface area contributed by atoms with Crippen LogP contribution in [0, 0.1) is 0 Å². The van der Waals surface area contributed by atoms with Gasteiger partial charge in [0.1, 0.15) is 0 Å². The molecule has 0 atom stereocenters. The van der Waals surface area contributed by atoms with Gasteiger partial charge < -0.3 is 9.63 Å². The lowest BCUT2D eigenvalue weighted by Crippen LogP contribution is -1.99. The van der Waals surface area contributed by atoms with Gasteiger partial charge in [-0.3, -0.25) is 0 Å². The van der Waals surface area contributed by atoms with Gasteiger partial charge in [-0.25, -0.2) is 4.79 Å². The molecule has 0 bridgehead atoms. The van der Waals surface area contributed by atoms with Crippen LogP contribution in [0.4, 0.5) is 0 Å². The highest BCUT2D eigenvalue weighted by atomic mass is 16.5. The van der Waals surface area contributed by atoms with Crippen LogP contribution in [-0.2, 0) is 0 Å². The minimum Gasteiger partial charge on any atom is -0.478 e. The minimum absolute atomic E-state index is 0.142. The molecule has 0 spiro atoms. The summed E-state index contributed by atoms with van der Waals surface area (Å²) in [4.78, 5) is 15.7. The monoisotopic (exact) mass is 316 g/mol. The maximum absolute atomic E-state index is 11.3. The summed E-state index contributed by atoms with van der Waals surface area (Å²) in [5.74, 6) is -0.408. The maximum Gasteiger partial charge on any atom is 0.336 e. The van der Waals surface area contributed by atoms with Gasteiger partial charge in [0.25, 0.3) is 5.89 Å². The molecule has 24 heavy (non-hydrogen) atoms. The van der Waals surface area contributed by atoms with Gasteiger partial charge in [0.2, 0.25) is 5.82 Å². The van der Waals surface area contributed by atoms with Crippen molar-refractivity contribution < 1.29 is 14.4 Å². The van der Waals surface area contributed by atoms with E-state index in [1.54, 1.807) is 18.2 Å². The lowest BCUT2D eigenvalue weighted by molar-refractivity contribution is 0.0697. The zero-order valence-electron chi connectivity index (χ0n) is 12.5. The van der Waals surface area contributed by atoms with Crippen molar-refractivity contribution >= 4 is 16.7 Å². The lowest BCUT2D eigenvalue weighted by atomic mass is 10.1. The van der Waals surface area contributed by atoms with Gasteiger partial charge in [0, 0.05) is 11.1 Å². The predicted molar refractivity (Wildman–Crippen MR) is 89.6 cm³/mol. The van der Waals surface area contributed by atoms with E-state index in [1.165, 1.54) is 6.07 Å². The van der Waals surface area contributed by atoms with Gasteiger partial charge in [0.05, 0.1) is 5.56 Å². The molecule has 0 saturated heterocycles. The molecule has 0 radical (unpaired) electrons. The van der Waals surface area contributed by atoms with Gasteiger partial charge in [0.15, 0.2) is 0 Å². The summed E-state index contributed by atoms with van der Waals surface area (Å²) in [6.07, 6.45) is 0. The van der Waals surface area contributed by atoms with Gasteiger partial charge in [-0.15, -0.1) is 0 Å². The number of nitrogens with zero attached hydrogens (tertiary/aromatic N) is 2. The van der Waals surface area contributed by atoms with E-state index in [0.717, 1.165) is 16.3 Å². The van der Waals surface area contributed by atoms with Crippen LogP contribution in [0.5, 0.6) is 0 Å². The van der Waals surface area contributed by atoms with Crippen LogP contribution >= 0.6 is 0 Å².